The smallest absolute Gasteiger partial charge is 0.255 e. The first-order valence-corrected chi connectivity index (χ1v) is 7.54. The average Bonchev–Trinajstić information content (AvgIpc) is 2.71. The third-order valence-electron chi connectivity index (χ3n) is 3.13. The first-order valence-electron chi connectivity index (χ1n) is 6.79. The molecule has 1 aliphatic heterocycles. The maximum atomic E-state index is 12.3. The topological polar surface area (TPSA) is 47.6 Å². The Balaban J connectivity index is 1.80. The van der Waals surface area contributed by atoms with Crippen LogP contribution >= 0.6 is 23.2 Å². The van der Waals surface area contributed by atoms with Crippen molar-refractivity contribution < 1.29 is 14.3 Å². The molecule has 0 radical (unpaired) electrons. The van der Waals surface area contributed by atoms with E-state index in [2.05, 4.69) is 5.32 Å². The van der Waals surface area contributed by atoms with Crippen molar-refractivity contribution in [1.82, 2.24) is 0 Å². The van der Waals surface area contributed by atoms with Crippen LogP contribution in [0.5, 0.6) is 11.5 Å². The van der Waals surface area contributed by atoms with Crippen LogP contribution in [0, 0.1) is 0 Å². The highest BCUT2D eigenvalue weighted by atomic mass is 35.5. The van der Waals surface area contributed by atoms with Crippen LogP contribution in [0.2, 0.25) is 10.0 Å². The van der Waals surface area contributed by atoms with Gasteiger partial charge in [0, 0.05) is 33.8 Å². The van der Waals surface area contributed by atoms with Crippen molar-refractivity contribution in [2.75, 3.05) is 18.5 Å². The molecule has 2 aromatic carbocycles. The predicted molar refractivity (Wildman–Crippen MR) is 86.5 cm³/mol. The maximum Gasteiger partial charge on any atom is 0.255 e. The predicted octanol–water partition coefficient (Wildman–Crippen LogP) is 4.41. The summed E-state index contributed by atoms with van der Waals surface area (Å²) in [5.41, 5.74) is 1.01. The van der Waals surface area contributed by atoms with Gasteiger partial charge in [-0.15, -0.1) is 0 Å². The molecular formula is C16H13Cl2NO3. The third kappa shape index (κ3) is 3.46. The van der Waals surface area contributed by atoms with Crippen molar-refractivity contribution in [3.05, 3.63) is 52.0 Å². The molecule has 0 spiro atoms. The molecule has 22 heavy (non-hydrogen) atoms. The summed E-state index contributed by atoms with van der Waals surface area (Å²) >= 11 is 11.8. The van der Waals surface area contributed by atoms with Crippen molar-refractivity contribution in [2.45, 2.75) is 6.42 Å². The third-order valence-corrected chi connectivity index (χ3v) is 3.57. The summed E-state index contributed by atoms with van der Waals surface area (Å²) in [5.74, 6) is 1.01. The number of carbonyl (C=O) groups is 1. The number of amides is 1. The molecule has 1 heterocycles. The van der Waals surface area contributed by atoms with Gasteiger partial charge in [0.15, 0.2) is 11.5 Å². The Morgan fingerprint density at radius 2 is 1.64 bits per heavy atom. The fourth-order valence-electron chi connectivity index (χ4n) is 2.13. The highest BCUT2D eigenvalue weighted by Gasteiger charge is 2.13. The van der Waals surface area contributed by atoms with Gasteiger partial charge in [-0.1, -0.05) is 23.2 Å². The minimum absolute atomic E-state index is 0.293. The zero-order valence-electron chi connectivity index (χ0n) is 11.6. The van der Waals surface area contributed by atoms with E-state index in [1.54, 1.807) is 36.4 Å². The Morgan fingerprint density at radius 1 is 0.955 bits per heavy atom. The van der Waals surface area contributed by atoms with Gasteiger partial charge in [-0.2, -0.15) is 0 Å². The largest absolute Gasteiger partial charge is 0.490 e. The van der Waals surface area contributed by atoms with E-state index < -0.39 is 0 Å². The first-order chi connectivity index (χ1) is 10.6. The fourth-order valence-corrected chi connectivity index (χ4v) is 2.66. The Bertz CT molecular complexity index is 698. The Morgan fingerprint density at radius 3 is 2.36 bits per heavy atom. The van der Waals surface area contributed by atoms with Gasteiger partial charge in [0.2, 0.25) is 0 Å². The van der Waals surface area contributed by atoms with Gasteiger partial charge in [0.05, 0.1) is 13.2 Å². The van der Waals surface area contributed by atoms with Crippen LogP contribution in [0.25, 0.3) is 0 Å². The molecule has 0 aromatic heterocycles. The molecule has 0 saturated carbocycles. The van der Waals surface area contributed by atoms with E-state index in [1.165, 1.54) is 0 Å². The monoisotopic (exact) mass is 337 g/mol. The van der Waals surface area contributed by atoms with Gasteiger partial charge in [0.1, 0.15) is 0 Å². The van der Waals surface area contributed by atoms with Crippen molar-refractivity contribution in [3.8, 4) is 11.5 Å². The molecule has 0 aliphatic carbocycles. The number of nitrogens with one attached hydrogen (secondary N) is 1. The number of anilines is 1. The highest BCUT2D eigenvalue weighted by Crippen LogP contribution is 2.32. The molecule has 0 bridgehead atoms. The standard InChI is InChI=1S/C16H13Cl2NO3/c17-11-6-10(7-12(18)8-11)16(20)19-13-2-3-14-15(9-13)22-5-1-4-21-14/h2-3,6-9H,1,4-5H2,(H,19,20). The van der Waals surface area contributed by atoms with E-state index in [0.717, 1.165) is 6.42 Å². The Kier molecular flexibility index (Phi) is 4.41. The maximum absolute atomic E-state index is 12.3. The summed E-state index contributed by atoms with van der Waals surface area (Å²) in [6, 6.07) is 9.98. The minimum Gasteiger partial charge on any atom is -0.490 e. The molecule has 0 fully saturated rings. The number of ether oxygens (including phenoxy) is 2. The zero-order valence-corrected chi connectivity index (χ0v) is 13.1. The first kappa shape index (κ1) is 15.0. The molecular weight excluding hydrogens is 325 g/mol. The molecule has 1 N–H and O–H groups in total. The van der Waals surface area contributed by atoms with Crippen molar-refractivity contribution in [3.63, 3.8) is 0 Å². The van der Waals surface area contributed by atoms with Crippen molar-refractivity contribution in [1.29, 1.82) is 0 Å². The van der Waals surface area contributed by atoms with Crippen LogP contribution in [0.1, 0.15) is 16.8 Å². The second-order valence-electron chi connectivity index (χ2n) is 4.82. The van der Waals surface area contributed by atoms with E-state index in [9.17, 15) is 4.79 Å². The summed E-state index contributed by atoms with van der Waals surface area (Å²) in [6.45, 7) is 1.22. The Hall–Kier alpha value is -1.91. The molecule has 6 heteroatoms. The van der Waals surface area contributed by atoms with E-state index in [-0.39, 0.29) is 5.91 Å². The lowest BCUT2D eigenvalue weighted by molar-refractivity contribution is 0.102. The lowest BCUT2D eigenvalue weighted by Crippen LogP contribution is -2.12. The number of carbonyl (C=O) groups excluding carboxylic acids is 1. The number of benzene rings is 2. The quantitative estimate of drug-likeness (QED) is 0.882. The number of hydrogen-bond donors (Lipinski definition) is 1. The van der Waals surface area contributed by atoms with Gasteiger partial charge < -0.3 is 14.8 Å². The number of halogens is 2. The number of fused-ring (bicyclic) bond motifs is 1. The Labute approximate surface area is 137 Å². The van der Waals surface area contributed by atoms with E-state index in [0.29, 0.717) is 46.0 Å². The molecule has 1 amide bonds. The van der Waals surface area contributed by atoms with Gasteiger partial charge in [0.25, 0.3) is 5.91 Å². The van der Waals surface area contributed by atoms with E-state index >= 15 is 0 Å². The summed E-state index contributed by atoms with van der Waals surface area (Å²) in [5, 5.41) is 3.62. The molecule has 0 atom stereocenters. The summed E-state index contributed by atoms with van der Waals surface area (Å²) < 4.78 is 11.1. The van der Waals surface area contributed by atoms with Gasteiger partial charge in [-0.3, -0.25) is 4.79 Å². The zero-order chi connectivity index (χ0) is 15.5. The van der Waals surface area contributed by atoms with Crippen LogP contribution in [0.15, 0.2) is 36.4 Å². The second kappa shape index (κ2) is 6.46. The normalized spacial score (nSPS) is 13.4. The van der Waals surface area contributed by atoms with Crippen LogP contribution < -0.4 is 14.8 Å². The van der Waals surface area contributed by atoms with Crippen molar-refractivity contribution in [2.24, 2.45) is 0 Å². The molecule has 1 aliphatic rings. The van der Waals surface area contributed by atoms with Crippen LogP contribution in [-0.2, 0) is 0 Å². The summed E-state index contributed by atoms with van der Waals surface area (Å²) in [4.78, 5) is 12.3. The fraction of sp³-hybridized carbons (Fsp3) is 0.188. The van der Waals surface area contributed by atoms with Gasteiger partial charge in [-0.25, -0.2) is 0 Å². The molecule has 0 saturated heterocycles. The highest BCUT2D eigenvalue weighted by molar-refractivity contribution is 6.35. The minimum atomic E-state index is -0.293. The molecule has 0 unspecified atom stereocenters. The number of rotatable bonds is 2. The van der Waals surface area contributed by atoms with Crippen molar-refractivity contribution >= 4 is 34.8 Å². The lowest BCUT2D eigenvalue weighted by Gasteiger charge is -2.10. The summed E-state index contributed by atoms with van der Waals surface area (Å²) in [6.07, 6.45) is 0.831. The van der Waals surface area contributed by atoms with E-state index in [4.69, 9.17) is 32.7 Å². The molecule has 114 valence electrons. The summed E-state index contributed by atoms with van der Waals surface area (Å²) in [7, 11) is 0. The van der Waals surface area contributed by atoms with Crippen LogP contribution in [0.3, 0.4) is 0 Å². The van der Waals surface area contributed by atoms with Gasteiger partial charge >= 0.3 is 0 Å². The molecule has 3 rings (SSSR count). The van der Waals surface area contributed by atoms with Crippen LogP contribution in [-0.4, -0.2) is 19.1 Å². The number of hydrogen-bond acceptors (Lipinski definition) is 3. The van der Waals surface area contributed by atoms with Crippen LogP contribution in [0.4, 0.5) is 5.69 Å². The second-order valence-corrected chi connectivity index (χ2v) is 5.70. The van der Waals surface area contributed by atoms with Gasteiger partial charge in [-0.05, 0) is 30.3 Å². The average molecular weight is 338 g/mol. The molecule has 4 nitrogen and oxygen atoms in total. The molecule has 2 aromatic rings. The van der Waals surface area contributed by atoms with E-state index in [1.807, 2.05) is 0 Å². The lowest BCUT2D eigenvalue weighted by atomic mass is 10.2. The SMILES string of the molecule is O=C(Nc1ccc2c(c1)OCCCO2)c1cc(Cl)cc(Cl)c1.